The molecule has 0 heterocycles. The third kappa shape index (κ3) is 5.15. The summed E-state index contributed by atoms with van der Waals surface area (Å²) in [7, 11) is 0. The molecule has 0 saturated heterocycles. The van der Waals surface area contributed by atoms with Crippen molar-refractivity contribution in [1.82, 2.24) is 0 Å². The van der Waals surface area contributed by atoms with Crippen molar-refractivity contribution in [3.63, 3.8) is 0 Å². The zero-order valence-electron chi connectivity index (χ0n) is 6.00. The van der Waals surface area contributed by atoms with Crippen LogP contribution >= 0.6 is 0 Å². The second kappa shape index (κ2) is 4.85. The molecule has 0 amide bonds. The minimum atomic E-state index is -0.914. The Morgan fingerprint density at radius 2 is 2.10 bits per heavy atom. The Kier molecular flexibility index (Phi) is 4.37. The van der Waals surface area contributed by atoms with Gasteiger partial charge in [-0.25, -0.2) is 0 Å². The second-order valence-electron chi connectivity index (χ2n) is 2.04. The van der Waals surface area contributed by atoms with Crippen molar-refractivity contribution in [3.05, 3.63) is 11.8 Å². The smallest absolute Gasteiger partial charge is 0.307 e. The number of carbonyl (C=O) groups is 1. The van der Waals surface area contributed by atoms with Gasteiger partial charge in [-0.2, -0.15) is 0 Å². The maximum absolute atomic E-state index is 9.95. The Morgan fingerprint density at radius 3 is 2.50 bits per heavy atom. The first-order valence-corrected chi connectivity index (χ1v) is 3.26. The van der Waals surface area contributed by atoms with Crippen LogP contribution in [0.1, 0.15) is 26.2 Å². The van der Waals surface area contributed by atoms with Crippen LogP contribution in [0.3, 0.4) is 0 Å². The first-order chi connectivity index (χ1) is 4.66. The number of hydrogen-bond donors (Lipinski definition) is 2. The molecule has 0 bridgehead atoms. The standard InChI is InChI=1S/C7H12O3/c1-2-3-6(8)4-5-7(9)10/h4,8H,2-3,5H2,1H3,(H,9,10). The number of hydrogen-bond acceptors (Lipinski definition) is 2. The second-order valence-corrected chi connectivity index (χ2v) is 2.04. The summed E-state index contributed by atoms with van der Waals surface area (Å²) in [4.78, 5) is 9.95. The van der Waals surface area contributed by atoms with Gasteiger partial charge in [0.15, 0.2) is 0 Å². The van der Waals surface area contributed by atoms with Crippen molar-refractivity contribution in [2.24, 2.45) is 0 Å². The van der Waals surface area contributed by atoms with Crippen molar-refractivity contribution < 1.29 is 15.0 Å². The summed E-state index contributed by atoms with van der Waals surface area (Å²) in [6.07, 6.45) is 2.63. The van der Waals surface area contributed by atoms with Crippen LogP contribution in [-0.2, 0) is 4.79 Å². The van der Waals surface area contributed by atoms with E-state index in [9.17, 15) is 4.79 Å². The summed E-state index contributed by atoms with van der Waals surface area (Å²) < 4.78 is 0. The number of carboxylic acids is 1. The van der Waals surface area contributed by atoms with Crippen molar-refractivity contribution in [3.8, 4) is 0 Å². The zero-order valence-corrected chi connectivity index (χ0v) is 6.00. The largest absolute Gasteiger partial charge is 0.513 e. The average Bonchev–Trinajstić information content (AvgIpc) is 1.85. The van der Waals surface area contributed by atoms with Gasteiger partial charge in [-0.05, 0) is 12.5 Å². The van der Waals surface area contributed by atoms with Gasteiger partial charge in [0.05, 0.1) is 12.2 Å². The highest BCUT2D eigenvalue weighted by Gasteiger charge is 1.94. The van der Waals surface area contributed by atoms with Crippen LogP contribution in [0, 0.1) is 0 Å². The molecule has 0 aliphatic carbocycles. The van der Waals surface area contributed by atoms with E-state index < -0.39 is 5.97 Å². The summed E-state index contributed by atoms with van der Waals surface area (Å²) in [6.45, 7) is 1.92. The van der Waals surface area contributed by atoms with Gasteiger partial charge in [-0.1, -0.05) is 6.92 Å². The predicted octanol–water partition coefficient (Wildman–Crippen LogP) is 1.70. The molecule has 3 heteroatoms. The molecule has 0 aromatic carbocycles. The molecule has 0 saturated carbocycles. The molecule has 0 aromatic rings. The van der Waals surface area contributed by atoms with Gasteiger partial charge in [-0.15, -0.1) is 0 Å². The van der Waals surface area contributed by atoms with Gasteiger partial charge in [0, 0.05) is 6.42 Å². The predicted molar refractivity (Wildman–Crippen MR) is 37.9 cm³/mol. The lowest BCUT2D eigenvalue weighted by atomic mass is 10.2. The maximum Gasteiger partial charge on any atom is 0.307 e. The topological polar surface area (TPSA) is 57.5 Å². The maximum atomic E-state index is 9.95. The Bertz CT molecular complexity index is 138. The fourth-order valence-electron chi connectivity index (χ4n) is 0.563. The van der Waals surface area contributed by atoms with Crippen molar-refractivity contribution in [2.75, 3.05) is 0 Å². The molecule has 2 N–H and O–H groups in total. The minimum absolute atomic E-state index is 0.0914. The molecule has 0 radical (unpaired) electrons. The molecule has 0 aromatic heterocycles. The fraction of sp³-hybridized carbons (Fsp3) is 0.571. The monoisotopic (exact) mass is 144 g/mol. The fourth-order valence-corrected chi connectivity index (χ4v) is 0.563. The van der Waals surface area contributed by atoms with Gasteiger partial charge in [0.2, 0.25) is 0 Å². The molecule has 58 valence electrons. The Labute approximate surface area is 60.0 Å². The zero-order chi connectivity index (χ0) is 7.98. The highest BCUT2D eigenvalue weighted by atomic mass is 16.4. The molecule has 10 heavy (non-hydrogen) atoms. The van der Waals surface area contributed by atoms with E-state index in [2.05, 4.69) is 0 Å². The SMILES string of the molecule is CCCC(O)=CCC(=O)O. The van der Waals surface area contributed by atoms with Crippen LogP contribution < -0.4 is 0 Å². The number of aliphatic hydroxyl groups excluding tert-OH is 1. The van der Waals surface area contributed by atoms with E-state index >= 15 is 0 Å². The number of allylic oxidation sites excluding steroid dienone is 1. The highest BCUT2D eigenvalue weighted by Crippen LogP contribution is 2.00. The first kappa shape index (κ1) is 9.01. The molecular formula is C7H12O3. The summed E-state index contributed by atoms with van der Waals surface area (Å²) in [6, 6.07) is 0. The van der Waals surface area contributed by atoms with E-state index in [1.54, 1.807) is 0 Å². The lowest BCUT2D eigenvalue weighted by molar-refractivity contribution is -0.136. The van der Waals surface area contributed by atoms with E-state index in [1.807, 2.05) is 6.92 Å². The Morgan fingerprint density at radius 1 is 1.50 bits per heavy atom. The highest BCUT2D eigenvalue weighted by molar-refractivity contribution is 5.68. The molecule has 0 rings (SSSR count). The number of aliphatic hydroxyl groups is 1. The van der Waals surface area contributed by atoms with Gasteiger partial charge < -0.3 is 10.2 Å². The van der Waals surface area contributed by atoms with Crippen molar-refractivity contribution in [2.45, 2.75) is 26.2 Å². The lowest BCUT2D eigenvalue weighted by Crippen LogP contribution is -1.92. The first-order valence-electron chi connectivity index (χ1n) is 3.26. The molecule has 0 atom stereocenters. The van der Waals surface area contributed by atoms with Gasteiger partial charge in [0.25, 0.3) is 0 Å². The molecule has 0 unspecified atom stereocenters. The summed E-state index contributed by atoms with van der Waals surface area (Å²) >= 11 is 0. The van der Waals surface area contributed by atoms with E-state index in [1.165, 1.54) is 6.08 Å². The summed E-state index contributed by atoms with van der Waals surface area (Å²) in [5.41, 5.74) is 0. The third-order valence-electron chi connectivity index (χ3n) is 1.02. The average molecular weight is 144 g/mol. The van der Waals surface area contributed by atoms with Crippen LogP contribution in [0.2, 0.25) is 0 Å². The van der Waals surface area contributed by atoms with Crippen LogP contribution in [0.5, 0.6) is 0 Å². The van der Waals surface area contributed by atoms with Gasteiger partial charge in [0.1, 0.15) is 0 Å². The number of carboxylic acid groups (broad SMARTS) is 1. The van der Waals surface area contributed by atoms with E-state index in [-0.39, 0.29) is 12.2 Å². The quantitative estimate of drug-likeness (QED) is 0.590. The summed E-state index contributed by atoms with van der Waals surface area (Å²) in [5.74, 6) is -0.743. The molecule has 3 nitrogen and oxygen atoms in total. The van der Waals surface area contributed by atoms with Crippen molar-refractivity contribution >= 4 is 5.97 Å². The Balaban J connectivity index is 3.57. The number of rotatable bonds is 4. The number of aliphatic carboxylic acids is 1. The normalized spacial score (nSPS) is 11.5. The molecular weight excluding hydrogens is 132 g/mol. The van der Waals surface area contributed by atoms with Crippen molar-refractivity contribution in [1.29, 1.82) is 0 Å². The summed E-state index contributed by atoms with van der Waals surface area (Å²) in [5, 5.41) is 17.1. The van der Waals surface area contributed by atoms with Gasteiger partial charge >= 0.3 is 5.97 Å². The van der Waals surface area contributed by atoms with E-state index in [4.69, 9.17) is 10.2 Å². The molecule has 0 aliphatic heterocycles. The van der Waals surface area contributed by atoms with E-state index in [0.717, 1.165) is 6.42 Å². The van der Waals surface area contributed by atoms with Crippen LogP contribution in [0.25, 0.3) is 0 Å². The minimum Gasteiger partial charge on any atom is -0.513 e. The van der Waals surface area contributed by atoms with Crippen LogP contribution in [0.4, 0.5) is 0 Å². The molecule has 0 spiro atoms. The molecule has 0 fully saturated rings. The van der Waals surface area contributed by atoms with Crippen LogP contribution in [-0.4, -0.2) is 16.2 Å². The van der Waals surface area contributed by atoms with Gasteiger partial charge in [-0.3, -0.25) is 4.79 Å². The lowest BCUT2D eigenvalue weighted by Gasteiger charge is -1.93. The van der Waals surface area contributed by atoms with E-state index in [0.29, 0.717) is 6.42 Å². The molecule has 0 aliphatic rings. The van der Waals surface area contributed by atoms with Crippen LogP contribution in [0.15, 0.2) is 11.8 Å². The third-order valence-corrected chi connectivity index (χ3v) is 1.02. The Hall–Kier alpha value is -0.990.